The van der Waals surface area contributed by atoms with Crippen molar-refractivity contribution >= 4 is 22.9 Å². The van der Waals surface area contributed by atoms with Crippen LogP contribution in [0.4, 0.5) is 0 Å². The summed E-state index contributed by atoms with van der Waals surface area (Å²) >= 11 is 7.40. The summed E-state index contributed by atoms with van der Waals surface area (Å²) in [6.45, 7) is 0. The first-order valence-corrected chi connectivity index (χ1v) is 7.53. The summed E-state index contributed by atoms with van der Waals surface area (Å²) in [6.07, 6.45) is 6.79. The van der Waals surface area contributed by atoms with Crippen molar-refractivity contribution in [2.24, 2.45) is 0 Å². The Morgan fingerprint density at radius 2 is 2.35 bits per heavy atom. The van der Waals surface area contributed by atoms with Crippen LogP contribution in [0.15, 0.2) is 22.4 Å². The quantitative estimate of drug-likeness (QED) is 0.728. The zero-order valence-electron chi connectivity index (χ0n) is 10.4. The Balaban J connectivity index is 1.72. The molecule has 1 aliphatic heterocycles. The molecule has 8 heteroatoms. The second-order valence-corrected chi connectivity index (χ2v) is 6.05. The molecule has 4 rings (SSSR count). The molecule has 4 heterocycles. The molecular formula is C12H10ClN5OS. The van der Waals surface area contributed by atoms with E-state index in [4.69, 9.17) is 16.1 Å². The highest BCUT2D eigenvalue weighted by Gasteiger charge is 2.27. The summed E-state index contributed by atoms with van der Waals surface area (Å²) < 4.78 is 8.08. The molecule has 1 atom stereocenters. The van der Waals surface area contributed by atoms with E-state index in [9.17, 15) is 0 Å². The van der Waals surface area contributed by atoms with Gasteiger partial charge in [-0.3, -0.25) is 0 Å². The average Bonchev–Trinajstić information content (AvgIpc) is 3.17. The lowest BCUT2D eigenvalue weighted by molar-refractivity contribution is 0.309. The number of hydrogen-bond donors (Lipinski definition) is 0. The smallest absolute Gasteiger partial charge is 0.250 e. The Labute approximate surface area is 123 Å². The molecule has 0 fully saturated rings. The monoisotopic (exact) mass is 307 g/mol. The van der Waals surface area contributed by atoms with Crippen LogP contribution in [-0.4, -0.2) is 24.7 Å². The molecule has 0 saturated heterocycles. The van der Waals surface area contributed by atoms with Gasteiger partial charge in [0.15, 0.2) is 0 Å². The Morgan fingerprint density at radius 3 is 3.20 bits per heavy atom. The second kappa shape index (κ2) is 4.68. The van der Waals surface area contributed by atoms with Gasteiger partial charge in [0.2, 0.25) is 11.7 Å². The molecule has 0 bridgehead atoms. The fraction of sp³-hybridized carbons (Fsp3) is 0.333. The second-order valence-electron chi connectivity index (χ2n) is 4.59. The predicted octanol–water partition coefficient (Wildman–Crippen LogP) is 2.97. The van der Waals surface area contributed by atoms with Gasteiger partial charge < -0.3 is 9.09 Å². The minimum absolute atomic E-state index is 0.0555. The summed E-state index contributed by atoms with van der Waals surface area (Å²) in [4.78, 5) is 13.0. The van der Waals surface area contributed by atoms with E-state index in [-0.39, 0.29) is 6.04 Å². The lowest BCUT2D eigenvalue weighted by Gasteiger charge is -2.21. The van der Waals surface area contributed by atoms with Crippen LogP contribution in [0.3, 0.4) is 0 Å². The average molecular weight is 308 g/mol. The largest absolute Gasteiger partial charge is 0.337 e. The van der Waals surface area contributed by atoms with Gasteiger partial charge in [-0.25, -0.2) is 9.97 Å². The number of rotatable bonds is 2. The molecule has 0 radical (unpaired) electrons. The van der Waals surface area contributed by atoms with Crippen LogP contribution >= 0.6 is 22.9 Å². The summed E-state index contributed by atoms with van der Waals surface area (Å²) in [6, 6.07) is 0.0555. The topological polar surface area (TPSA) is 69.6 Å². The molecule has 102 valence electrons. The predicted molar refractivity (Wildman–Crippen MR) is 73.7 cm³/mol. The van der Waals surface area contributed by atoms with Crippen molar-refractivity contribution < 1.29 is 4.52 Å². The van der Waals surface area contributed by atoms with Crippen molar-refractivity contribution in [3.63, 3.8) is 0 Å². The Hall–Kier alpha value is -1.73. The number of nitrogens with zero attached hydrogens (tertiary/aromatic N) is 5. The molecule has 1 aliphatic rings. The Morgan fingerprint density at radius 1 is 1.40 bits per heavy atom. The molecule has 1 unspecified atom stereocenters. The van der Waals surface area contributed by atoms with Gasteiger partial charge in [0.25, 0.3) is 0 Å². The highest BCUT2D eigenvalue weighted by atomic mass is 35.5. The summed E-state index contributed by atoms with van der Waals surface area (Å²) in [5, 5.41) is 3.99. The molecule has 6 nitrogen and oxygen atoms in total. The van der Waals surface area contributed by atoms with Crippen LogP contribution in [0.1, 0.15) is 30.6 Å². The summed E-state index contributed by atoms with van der Waals surface area (Å²) in [7, 11) is 0. The Bertz CT molecular complexity index is 748. The summed E-state index contributed by atoms with van der Waals surface area (Å²) in [5.41, 5.74) is 2.25. The van der Waals surface area contributed by atoms with Crippen molar-refractivity contribution in [1.29, 1.82) is 0 Å². The van der Waals surface area contributed by atoms with Crippen molar-refractivity contribution in [2.45, 2.75) is 25.3 Å². The van der Waals surface area contributed by atoms with Crippen molar-refractivity contribution in [1.82, 2.24) is 24.7 Å². The van der Waals surface area contributed by atoms with Crippen molar-refractivity contribution in [3.05, 3.63) is 34.0 Å². The maximum atomic E-state index is 6.05. The van der Waals surface area contributed by atoms with E-state index < -0.39 is 0 Å². The van der Waals surface area contributed by atoms with Gasteiger partial charge in [-0.05, 0) is 12.8 Å². The zero-order valence-corrected chi connectivity index (χ0v) is 11.9. The van der Waals surface area contributed by atoms with E-state index in [1.807, 2.05) is 12.4 Å². The van der Waals surface area contributed by atoms with E-state index in [1.54, 1.807) is 5.51 Å². The highest BCUT2D eigenvalue weighted by molar-refractivity contribution is 7.14. The van der Waals surface area contributed by atoms with Crippen molar-refractivity contribution in [3.8, 4) is 11.5 Å². The first-order valence-electron chi connectivity index (χ1n) is 6.27. The number of hydrogen-bond acceptors (Lipinski definition) is 6. The number of thiazole rings is 1. The van der Waals surface area contributed by atoms with Gasteiger partial charge in [-0.1, -0.05) is 16.8 Å². The fourth-order valence-electron chi connectivity index (χ4n) is 2.50. The van der Waals surface area contributed by atoms with Crippen LogP contribution in [-0.2, 0) is 6.42 Å². The van der Waals surface area contributed by atoms with Crippen LogP contribution in [0, 0.1) is 0 Å². The standard InChI is InChI=1S/C12H10ClN5OS/c13-10-9(15-6-20-10)11-16-12(19-17-11)7-2-1-3-8-14-4-5-18(7)8/h4-7H,1-3H2. The third kappa shape index (κ3) is 1.85. The van der Waals surface area contributed by atoms with E-state index in [0.717, 1.165) is 25.1 Å². The number of halogens is 1. The van der Waals surface area contributed by atoms with E-state index in [0.29, 0.717) is 21.7 Å². The van der Waals surface area contributed by atoms with Crippen LogP contribution in [0.2, 0.25) is 4.34 Å². The number of imidazole rings is 1. The van der Waals surface area contributed by atoms with E-state index >= 15 is 0 Å². The minimum Gasteiger partial charge on any atom is -0.337 e. The molecule has 3 aromatic heterocycles. The number of aryl methyl sites for hydroxylation is 1. The lowest BCUT2D eigenvalue weighted by Crippen LogP contribution is -2.18. The van der Waals surface area contributed by atoms with Gasteiger partial charge in [0.1, 0.15) is 21.9 Å². The van der Waals surface area contributed by atoms with E-state index in [1.165, 1.54) is 11.3 Å². The third-order valence-corrected chi connectivity index (χ3v) is 4.48. The number of fused-ring (bicyclic) bond motifs is 1. The van der Waals surface area contributed by atoms with Crippen LogP contribution < -0.4 is 0 Å². The molecule has 3 aromatic rings. The minimum atomic E-state index is 0.0555. The van der Waals surface area contributed by atoms with Gasteiger partial charge in [0, 0.05) is 18.8 Å². The SMILES string of the molecule is Clc1scnc1-c1noc(C2CCCc3nccn32)n1. The normalized spacial score (nSPS) is 18.1. The van der Waals surface area contributed by atoms with Crippen molar-refractivity contribution in [2.75, 3.05) is 0 Å². The molecule has 20 heavy (non-hydrogen) atoms. The Kier molecular flexibility index (Phi) is 2.82. The molecule has 0 saturated carbocycles. The molecular weight excluding hydrogens is 298 g/mol. The fourth-order valence-corrected chi connectivity index (χ4v) is 3.26. The van der Waals surface area contributed by atoms with Gasteiger partial charge in [-0.2, -0.15) is 4.98 Å². The van der Waals surface area contributed by atoms with Gasteiger partial charge in [0.05, 0.1) is 5.51 Å². The molecule has 0 aromatic carbocycles. The zero-order chi connectivity index (χ0) is 13.5. The number of aromatic nitrogens is 5. The summed E-state index contributed by atoms with van der Waals surface area (Å²) in [5.74, 6) is 2.09. The van der Waals surface area contributed by atoms with Gasteiger partial charge >= 0.3 is 0 Å². The molecule has 0 N–H and O–H groups in total. The van der Waals surface area contributed by atoms with Crippen LogP contribution in [0.5, 0.6) is 0 Å². The molecule has 0 spiro atoms. The molecule has 0 aliphatic carbocycles. The first kappa shape index (κ1) is 12.0. The van der Waals surface area contributed by atoms with Gasteiger partial charge in [-0.15, -0.1) is 11.3 Å². The maximum Gasteiger partial charge on any atom is 0.250 e. The first-order chi connectivity index (χ1) is 9.83. The maximum absolute atomic E-state index is 6.05. The lowest BCUT2D eigenvalue weighted by atomic mass is 10.0. The molecule has 0 amide bonds. The highest BCUT2D eigenvalue weighted by Crippen LogP contribution is 2.32. The van der Waals surface area contributed by atoms with Crippen LogP contribution in [0.25, 0.3) is 11.5 Å². The third-order valence-electron chi connectivity index (χ3n) is 3.43. The van der Waals surface area contributed by atoms with E-state index in [2.05, 4.69) is 24.7 Å².